The lowest BCUT2D eigenvalue weighted by Gasteiger charge is -2.25. The maximum atomic E-state index is 2.37. The van der Waals surface area contributed by atoms with Crippen molar-refractivity contribution in [2.24, 2.45) is 0 Å². The van der Waals surface area contributed by atoms with Gasteiger partial charge in [0.05, 0.1) is 0 Å². The molecule has 0 saturated heterocycles. The summed E-state index contributed by atoms with van der Waals surface area (Å²) in [4.78, 5) is 4.59. The Bertz CT molecular complexity index is 3180. The van der Waals surface area contributed by atoms with E-state index in [0.717, 1.165) is 56.4 Å². The van der Waals surface area contributed by atoms with Gasteiger partial charge in [-0.1, -0.05) is 206 Å². The molecular formula is C66H48N2. The largest absolute Gasteiger partial charge is 0.311 e. The van der Waals surface area contributed by atoms with Crippen LogP contribution in [0.15, 0.2) is 267 Å². The van der Waals surface area contributed by atoms with E-state index in [9.17, 15) is 0 Å². The second kappa shape index (κ2) is 19.2. The standard InChI is InChI=1S/C66H48N2/c1-7-19-53(20-8-1)65-63-47-51(33-31-49-35-41-59(42-36-49)67(55-23-11-3-12-24-55)56-25-13-4-14-26-56)39-45-61(63)62-46-40-52(48-64(62)66(65)54-21-9-2-10-22-54)34-32-50-37-43-60(44-38-50)68(57-27-15-5-16-28-57)58-29-17-6-18-30-58/h1-48H/b33-31+,34-32+. The van der Waals surface area contributed by atoms with E-state index in [4.69, 9.17) is 0 Å². The molecule has 11 aromatic rings. The summed E-state index contributed by atoms with van der Waals surface area (Å²) in [5.74, 6) is 0. The summed E-state index contributed by atoms with van der Waals surface area (Å²) in [6, 6.07) is 95.4. The number of fused-ring (bicyclic) bond motifs is 3. The fourth-order valence-electron chi connectivity index (χ4n) is 9.35. The van der Waals surface area contributed by atoms with Crippen LogP contribution in [0.4, 0.5) is 34.1 Å². The topological polar surface area (TPSA) is 6.48 Å². The van der Waals surface area contributed by atoms with Crippen molar-refractivity contribution in [3.63, 3.8) is 0 Å². The first-order valence-electron chi connectivity index (χ1n) is 23.2. The van der Waals surface area contributed by atoms with Gasteiger partial charge in [0, 0.05) is 34.1 Å². The summed E-state index contributed by atoms with van der Waals surface area (Å²) in [6.07, 6.45) is 8.92. The Labute approximate surface area is 399 Å². The Morgan fingerprint density at radius 1 is 0.206 bits per heavy atom. The van der Waals surface area contributed by atoms with Crippen molar-refractivity contribution in [3.8, 4) is 22.3 Å². The highest BCUT2D eigenvalue weighted by molar-refractivity contribution is 6.22. The lowest BCUT2D eigenvalue weighted by molar-refractivity contribution is 1.28. The van der Waals surface area contributed by atoms with Gasteiger partial charge in [0.2, 0.25) is 0 Å². The summed E-state index contributed by atoms with van der Waals surface area (Å²) < 4.78 is 0. The van der Waals surface area contributed by atoms with Crippen LogP contribution in [0.5, 0.6) is 0 Å². The average Bonchev–Trinajstić information content (AvgIpc) is 3.42. The smallest absolute Gasteiger partial charge is 0.0462 e. The quantitative estimate of drug-likeness (QED) is 0.0892. The van der Waals surface area contributed by atoms with E-state index in [0.29, 0.717) is 0 Å². The molecule has 0 unspecified atom stereocenters. The van der Waals surface area contributed by atoms with Crippen LogP contribution in [0.1, 0.15) is 22.3 Å². The summed E-state index contributed by atoms with van der Waals surface area (Å²) in [5, 5.41) is 4.92. The van der Waals surface area contributed by atoms with Gasteiger partial charge in [-0.2, -0.15) is 0 Å². The zero-order valence-corrected chi connectivity index (χ0v) is 37.6. The molecule has 0 atom stereocenters. The number of hydrogen-bond acceptors (Lipinski definition) is 2. The van der Waals surface area contributed by atoms with Gasteiger partial charge >= 0.3 is 0 Å². The molecule has 0 aliphatic heterocycles. The fourth-order valence-corrected chi connectivity index (χ4v) is 9.35. The van der Waals surface area contributed by atoms with Crippen molar-refractivity contribution < 1.29 is 0 Å². The number of para-hydroxylation sites is 4. The van der Waals surface area contributed by atoms with Crippen LogP contribution >= 0.6 is 0 Å². The van der Waals surface area contributed by atoms with Crippen LogP contribution in [-0.4, -0.2) is 0 Å². The van der Waals surface area contributed by atoms with Crippen molar-refractivity contribution in [2.45, 2.75) is 0 Å². The molecule has 0 heterocycles. The molecule has 68 heavy (non-hydrogen) atoms. The second-order valence-corrected chi connectivity index (χ2v) is 17.0. The third-order valence-electron chi connectivity index (χ3n) is 12.6. The van der Waals surface area contributed by atoms with Gasteiger partial charge in [-0.15, -0.1) is 0 Å². The minimum Gasteiger partial charge on any atom is -0.311 e. The van der Waals surface area contributed by atoms with E-state index in [2.05, 4.69) is 301 Å². The Kier molecular flexibility index (Phi) is 11.8. The van der Waals surface area contributed by atoms with Gasteiger partial charge in [-0.05, 0) is 151 Å². The van der Waals surface area contributed by atoms with E-state index in [1.54, 1.807) is 0 Å². The molecule has 0 aliphatic carbocycles. The van der Waals surface area contributed by atoms with Gasteiger partial charge in [-0.25, -0.2) is 0 Å². The van der Waals surface area contributed by atoms with Crippen LogP contribution in [0.25, 0.3) is 68.1 Å². The first kappa shape index (κ1) is 41.7. The number of hydrogen-bond donors (Lipinski definition) is 0. The number of nitrogens with zero attached hydrogens (tertiary/aromatic N) is 2. The maximum absolute atomic E-state index is 2.37. The molecule has 0 N–H and O–H groups in total. The summed E-state index contributed by atoms with van der Waals surface area (Å²) in [5.41, 5.74) is 16.1. The number of benzene rings is 11. The molecule has 0 aliphatic rings. The predicted octanol–water partition coefficient (Wildman–Crippen LogP) is 18.6. The second-order valence-electron chi connectivity index (χ2n) is 17.0. The van der Waals surface area contributed by atoms with E-state index in [1.165, 1.54) is 43.8 Å². The molecule has 0 spiro atoms. The number of rotatable bonds is 12. The molecule has 2 nitrogen and oxygen atoms in total. The Morgan fingerprint density at radius 2 is 0.456 bits per heavy atom. The third-order valence-corrected chi connectivity index (χ3v) is 12.6. The summed E-state index contributed by atoms with van der Waals surface area (Å²) >= 11 is 0. The Morgan fingerprint density at radius 3 is 0.765 bits per heavy atom. The van der Waals surface area contributed by atoms with E-state index in [-0.39, 0.29) is 0 Å². The van der Waals surface area contributed by atoms with E-state index in [1.807, 2.05) is 0 Å². The lowest BCUT2D eigenvalue weighted by Crippen LogP contribution is -2.09. The van der Waals surface area contributed by atoms with E-state index < -0.39 is 0 Å². The zero-order chi connectivity index (χ0) is 45.5. The zero-order valence-electron chi connectivity index (χ0n) is 37.6. The van der Waals surface area contributed by atoms with Gasteiger partial charge < -0.3 is 9.80 Å². The van der Waals surface area contributed by atoms with Gasteiger partial charge in [0.1, 0.15) is 0 Å². The Hall–Kier alpha value is -8.98. The van der Waals surface area contributed by atoms with Crippen LogP contribution in [0, 0.1) is 0 Å². The highest BCUT2D eigenvalue weighted by Crippen LogP contribution is 2.45. The van der Waals surface area contributed by atoms with Crippen molar-refractivity contribution in [1.82, 2.24) is 0 Å². The number of anilines is 6. The first-order chi connectivity index (χ1) is 33.7. The van der Waals surface area contributed by atoms with Crippen LogP contribution in [0.2, 0.25) is 0 Å². The van der Waals surface area contributed by atoms with Crippen molar-refractivity contribution in [2.75, 3.05) is 9.80 Å². The van der Waals surface area contributed by atoms with Crippen molar-refractivity contribution in [1.29, 1.82) is 0 Å². The van der Waals surface area contributed by atoms with Gasteiger partial charge in [0.25, 0.3) is 0 Å². The summed E-state index contributed by atoms with van der Waals surface area (Å²) in [7, 11) is 0. The SMILES string of the molecule is C(=C\c1ccc2c(c1)c(-c1ccccc1)c(-c1ccccc1)c1cc(/C=C/c3ccc(N(c4ccccc4)c4ccccc4)cc3)ccc12)/c1ccc(N(c2ccccc2)c2ccccc2)cc1. The van der Waals surface area contributed by atoms with Crippen LogP contribution < -0.4 is 9.80 Å². The maximum Gasteiger partial charge on any atom is 0.0462 e. The highest BCUT2D eigenvalue weighted by atomic mass is 15.1. The molecule has 11 rings (SSSR count). The van der Waals surface area contributed by atoms with Crippen molar-refractivity contribution in [3.05, 3.63) is 289 Å². The average molecular weight is 869 g/mol. The molecule has 2 heteroatoms. The molecule has 0 bridgehead atoms. The van der Waals surface area contributed by atoms with Crippen LogP contribution in [0.3, 0.4) is 0 Å². The van der Waals surface area contributed by atoms with Crippen LogP contribution in [-0.2, 0) is 0 Å². The van der Waals surface area contributed by atoms with Gasteiger partial charge in [-0.3, -0.25) is 0 Å². The van der Waals surface area contributed by atoms with Gasteiger partial charge in [0.15, 0.2) is 0 Å². The molecule has 0 saturated carbocycles. The summed E-state index contributed by atoms with van der Waals surface area (Å²) in [6.45, 7) is 0. The van der Waals surface area contributed by atoms with Crippen molar-refractivity contribution >= 4 is 80.0 Å². The minimum atomic E-state index is 1.11. The molecule has 0 aromatic heterocycles. The fraction of sp³-hybridized carbons (Fsp3) is 0. The molecule has 11 aromatic carbocycles. The molecule has 0 radical (unpaired) electrons. The molecule has 0 fully saturated rings. The monoisotopic (exact) mass is 868 g/mol. The highest BCUT2D eigenvalue weighted by Gasteiger charge is 2.19. The first-order valence-corrected chi connectivity index (χ1v) is 23.2. The molecule has 0 amide bonds. The molecule has 322 valence electrons. The predicted molar refractivity (Wildman–Crippen MR) is 292 cm³/mol. The lowest BCUT2D eigenvalue weighted by atomic mass is 9.84. The Balaban J connectivity index is 0.957. The third kappa shape index (κ3) is 8.75. The molecular weight excluding hydrogens is 821 g/mol. The minimum absolute atomic E-state index is 1.11. The van der Waals surface area contributed by atoms with E-state index >= 15 is 0 Å². The normalized spacial score (nSPS) is 11.4.